The average molecular weight is 605 g/mol. The molecule has 45 heavy (non-hydrogen) atoms. The number of methoxy groups -OCH3 is 5. The Morgan fingerprint density at radius 3 is 1.84 bits per heavy atom. The van der Waals surface area contributed by atoms with Gasteiger partial charge in [-0.15, -0.1) is 0 Å². The highest BCUT2D eigenvalue weighted by atomic mass is 19.1. The third-order valence-electron chi connectivity index (χ3n) is 9.23. The Morgan fingerprint density at radius 2 is 1.27 bits per heavy atom. The number of halogens is 1. The van der Waals surface area contributed by atoms with Crippen LogP contribution in [0.4, 0.5) is 4.39 Å². The van der Waals surface area contributed by atoms with Gasteiger partial charge >= 0.3 is 0 Å². The first-order valence-electron chi connectivity index (χ1n) is 14.6. The smallest absolute Gasteiger partial charge is 0.178 e. The fourth-order valence-electron chi connectivity index (χ4n) is 6.95. The van der Waals surface area contributed by atoms with E-state index in [1.54, 1.807) is 41.6 Å². The summed E-state index contributed by atoms with van der Waals surface area (Å²) < 4.78 is 50.8. The Morgan fingerprint density at radius 1 is 0.667 bits per heavy atom. The summed E-state index contributed by atoms with van der Waals surface area (Å²) in [5.74, 6) is 2.73. The number of benzene rings is 5. The minimum atomic E-state index is -1.11. The van der Waals surface area contributed by atoms with E-state index in [9.17, 15) is 4.39 Å². The molecule has 5 aromatic carbocycles. The van der Waals surface area contributed by atoms with E-state index in [4.69, 9.17) is 28.4 Å². The van der Waals surface area contributed by atoms with Gasteiger partial charge in [0.25, 0.3) is 0 Å². The van der Waals surface area contributed by atoms with Gasteiger partial charge < -0.3 is 28.4 Å². The molecule has 7 rings (SSSR count). The summed E-state index contributed by atoms with van der Waals surface area (Å²) in [4.78, 5) is 0. The van der Waals surface area contributed by atoms with Gasteiger partial charge in [0.1, 0.15) is 17.2 Å². The molecule has 0 radical (unpaired) electrons. The van der Waals surface area contributed by atoms with Gasteiger partial charge in [-0.05, 0) is 71.5 Å². The van der Waals surface area contributed by atoms with Crippen LogP contribution in [0.3, 0.4) is 0 Å². The van der Waals surface area contributed by atoms with E-state index in [2.05, 4.69) is 18.2 Å². The van der Waals surface area contributed by atoms with Crippen LogP contribution < -0.4 is 23.7 Å². The summed E-state index contributed by atoms with van der Waals surface area (Å²) in [6.07, 6.45) is 4.14. The van der Waals surface area contributed by atoms with Crippen LogP contribution in [0.25, 0.3) is 28.0 Å². The van der Waals surface area contributed by atoms with E-state index in [0.29, 0.717) is 28.7 Å². The van der Waals surface area contributed by atoms with Crippen molar-refractivity contribution in [2.24, 2.45) is 0 Å². The summed E-state index contributed by atoms with van der Waals surface area (Å²) in [6, 6.07) is 24.6. The topological polar surface area (TPSA) is 55.4 Å². The fraction of sp³-hybridized carbons (Fsp3) is 0.211. The normalized spacial score (nSPS) is 17.2. The molecule has 5 aromatic rings. The monoisotopic (exact) mass is 604 g/mol. The molecule has 0 amide bonds. The second kappa shape index (κ2) is 10.6. The zero-order chi connectivity index (χ0) is 31.5. The van der Waals surface area contributed by atoms with Crippen LogP contribution in [0.2, 0.25) is 0 Å². The molecule has 2 aliphatic rings. The van der Waals surface area contributed by atoms with Gasteiger partial charge in [0.15, 0.2) is 28.6 Å². The van der Waals surface area contributed by atoms with Gasteiger partial charge in [-0.25, -0.2) is 4.39 Å². The lowest BCUT2D eigenvalue weighted by atomic mass is 9.80. The van der Waals surface area contributed by atoms with Crippen molar-refractivity contribution in [1.82, 2.24) is 0 Å². The fourth-order valence-corrected chi connectivity index (χ4v) is 6.95. The van der Waals surface area contributed by atoms with Crippen LogP contribution in [0.15, 0.2) is 84.9 Å². The van der Waals surface area contributed by atoms with E-state index in [0.717, 1.165) is 49.7 Å². The van der Waals surface area contributed by atoms with Gasteiger partial charge in [0.2, 0.25) is 0 Å². The molecule has 228 valence electrons. The van der Waals surface area contributed by atoms with Gasteiger partial charge in [-0.2, -0.15) is 0 Å². The van der Waals surface area contributed by atoms with Crippen molar-refractivity contribution in [3.8, 4) is 39.9 Å². The van der Waals surface area contributed by atoms with E-state index in [1.165, 1.54) is 6.07 Å². The summed E-state index contributed by atoms with van der Waals surface area (Å²) in [5.41, 5.74) is 4.17. The summed E-state index contributed by atoms with van der Waals surface area (Å²) in [7, 11) is 8.11. The van der Waals surface area contributed by atoms with E-state index < -0.39 is 11.2 Å². The average Bonchev–Trinajstić information content (AvgIpc) is 3.35. The highest BCUT2D eigenvalue weighted by molar-refractivity contribution is 6.08. The zero-order valence-corrected chi connectivity index (χ0v) is 26.0. The molecule has 0 aromatic heterocycles. The molecule has 0 bridgehead atoms. The van der Waals surface area contributed by atoms with Gasteiger partial charge in [0.05, 0.1) is 28.4 Å². The van der Waals surface area contributed by atoms with Crippen molar-refractivity contribution in [2.45, 2.75) is 18.1 Å². The summed E-state index contributed by atoms with van der Waals surface area (Å²) >= 11 is 0. The first kappa shape index (κ1) is 28.7. The minimum Gasteiger partial charge on any atom is -0.493 e. The van der Waals surface area contributed by atoms with Crippen molar-refractivity contribution < 1.29 is 32.8 Å². The second-order valence-corrected chi connectivity index (χ2v) is 11.3. The van der Waals surface area contributed by atoms with Crippen LogP contribution in [-0.2, 0) is 15.9 Å². The molecule has 0 saturated heterocycles. The molecule has 0 saturated carbocycles. The number of ether oxygens (including phenoxy) is 6. The Hall–Kier alpha value is -5.01. The van der Waals surface area contributed by atoms with Crippen LogP contribution >= 0.6 is 0 Å². The Kier molecular flexibility index (Phi) is 6.75. The minimum absolute atomic E-state index is 0.310. The lowest BCUT2D eigenvalue weighted by Crippen LogP contribution is -2.35. The number of rotatable bonds is 7. The van der Waals surface area contributed by atoms with Gasteiger partial charge in [0, 0.05) is 34.7 Å². The third kappa shape index (κ3) is 4.03. The summed E-state index contributed by atoms with van der Waals surface area (Å²) in [5, 5.41) is 1.92. The lowest BCUT2D eigenvalue weighted by Gasteiger charge is -2.39. The molecule has 1 aliphatic carbocycles. The largest absolute Gasteiger partial charge is 0.493 e. The molecule has 7 heteroatoms. The molecule has 1 unspecified atom stereocenters. The predicted octanol–water partition coefficient (Wildman–Crippen LogP) is 8.25. The van der Waals surface area contributed by atoms with Crippen molar-refractivity contribution in [1.29, 1.82) is 0 Å². The van der Waals surface area contributed by atoms with Crippen molar-refractivity contribution >= 4 is 16.8 Å². The highest BCUT2D eigenvalue weighted by Gasteiger charge is 2.47. The van der Waals surface area contributed by atoms with Crippen LogP contribution in [0.1, 0.15) is 34.7 Å². The molecule has 1 atom stereocenters. The molecule has 0 spiro atoms. The van der Waals surface area contributed by atoms with Crippen molar-refractivity contribution in [2.75, 3.05) is 35.5 Å². The second-order valence-electron chi connectivity index (χ2n) is 11.3. The standard InChI is InChI=1S/C38H33FO6/c1-37(44-6)29-21-24(39)13-14-27(29)34-25-9-7-8-10-26(25)36-28(35(34)37)17-18-38(45-36,22-11-15-30(40-2)32(19-22)42-4)23-12-16-31(41-3)33(20-23)43-5/h7-21H,1-6H3. The number of hydrogen-bond acceptors (Lipinski definition) is 6. The lowest BCUT2D eigenvalue weighted by molar-refractivity contribution is 0.0421. The SMILES string of the molecule is COc1ccc(C2(c3ccc(OC)c(OC)c3)C=Cc3c4c(c5ccccc5c3O2)-c2ccc(F)cc2C4(C)OC)cc1OC. The maximum absolute atomic E-state index is 14.7. The predicted molar refractivity (Wildman–Crippen MR) is 172 cm³/mol. The van der Waals surface area contributed by atoms with Gasteiger partial charge in [-0.1, -0.05) is 48.5 Å². The summed E-state index contributed by atoms with van der Waals surface area (Å²) in [6.45, 7) is 1.99. The molecule has 6 nitrogen and oxygen atoms in total. The molecular weight excluding hydrogens is 571 g/mol. The van der Waals surface area contributed by atoms with E-state index in [-0.39, 0.29) is 5.82 Å². The van der Waals surface area contributed by atoms with E-state index >= 15 is 0 Å². The zero-order valence-electron chi connectivity index (χ0n) is 26.0. The van der Waals surface area contributed by atoms with Crippen molar-refractivity contribution in [3.63, 3.8) is 0 Å². The van der Waals surface area contributed by atoms with Crippen LogP contribution in [0.5, 0.6) is 28.7 Å². The molecule has 1 aliphatic heterocycles. The number of fused-ring (bicyclic) bond motifs is 8. The molecular formula is C38H33FO6. The third-order valence-corrected chi connectivity index (χ3v) is 9.23. The maximum Gasteiger partial charge on any atom is 0.178 e. The quantitative estimate of drug-likeness (QED) is 0.187. The maximum atomic E-state index is 14.7. The Balaban J connectivity index is 1.55. The van der Waals surface area contributed by atoms with Crippen molar-refractivity contribution in [3.05, 3.63) is 119 Å². The Bertz CT molecular complexity index is 1960. The molecule has 0 N–H and O–H groups in total. The van der Waals surface area contributed by atoms with Crippen LogP contribution in [-0.4, -0.2) is 35.5 Å². The first-order valence-corrected chi connectivity index (χ1v) is 14.6. The van der Waals surface area contributed by atoms with Crippen LogP contribution in [0, 0.1) is 5.82 Å². The molecule has 1 heterocycles. The first-order chi connectivity index (χ1) is 21.8. The van der Waals surface area contributed by atoms with Gasteiger partial charge in [-0.3, -0.25) is 0 Å². The Labute approximate surface area is 261 Å². The highest BCUT2D eigenvalue weighted by Crippen LogP contribution is 2.58. The molecule has 0 fully saturated rings. The van der Waals surface area contributed by atoms with E-state index in [1.807, 2.05) is 67.6 Å². The number of hydrogen-bond donors (Lipinski definition) is 0.